The first kappa shape index (κ1) is 21.5. The number of imidazole rings is 1. The molecule has 1 aliphatic carbocycles. The van der Waals surface area contributed by atoms with E-state index in [1.54, 1.807) is 29.9 Å². The smallest absolute Gasteiger partial charge is 0.277 e. The van der Waals surface area contributed by atoms with Crippen LogP contribution in [-0.2, 0) is 16.1 Å². The second-order valence-corrected chi connectivity index (χ2v) is 8.11. The number of nitrogens with one attached hydrogen (secondary N) is 2. The summed E-state index contributed by atoms with van der Waals surface area (Å²) in [5.74, 6) is -0.686. The highest BCUT2D eigenvalue weighted by molar-refractivity contribution is 6.33. The molecule has 164 valence electrons. The summed E-state index contributed by atoms with van der Waals surface area (Å²) in [4.78, 5) is 22.4. The quantitative estimate of drug-likeness (QED) is 0.470. The number of hydrogen-bond donors (Lipinski definition) is 2. The second kappa shape index (κ2) is 9.21. The molecule has 0 saturated heterocycles. The number of anilines is 2. The molecule has 1 heterocycles. The predicted molar refractivity (Wildman–Crippen MR) is 117 cm³/mol. The molecule has 1 amide bonds. The number of benzene rings is 2. The van der Waals surface area contributed by atoms with Crippen molar-refractivity contribution in [1.82, 2.24) is 15.0 Å². The lowest BCUT2D eigenvalue weighted by Gasteiger charge is -2.16. The van der Waals surface area contributed by atoms with Gasteiger partial charge in [0.2, 0.25) is 0 Å². The zero-order valence-corrected chi connectivity index (χ0v) is 18.1. The summed E-state index contributed by atoms with van der Waals surface area (Å²) in [5.41, 5.74) is 4.60. The number of amides is 1. The lowest BCUT2D eigenvalue weighted by molar-refractivity contribution is 0.0271. The Kier molecular flexibility index (Phi) is 6.41. The van der Waals surface area contributed by atoms with E-state index in [1.807, 2.05) is 13.0 Å². The van der Waals surface area contributed by atoms with Gasteiger partial charge in [-0.15, -0.1) is 0 Å². The highest BCUT2D eigenvalue weighted by atomic mass is 35.5. The average Bonchev–Trinajstić information content (AvgIpc) is 3.47. The Hall–Kier alpha value is -2.68. The van der Waals surface area contributed by atoms with Crippen molar-refractivity contribution in [3.63, 3.8) is 0 Å². The van der Waals surface area contributed by atoms with Crippen LogP contribution in [0.15, 0.2) is 30.6 Å². The summed E-state index contributed by atoms with van der Waals surface area (Å²) >= 11 is 6.34. The van der Waals surface area contributed by atoms with Gasteiger partial charge in [0.15, 0.2) is 5.82 Å². The Balaban J connectivity index is 1.73. The van der Waals surface area contributed by atoms with Crippen LogP contribution in [0.2, 0.25) is 5.02 Å². The number of aryl methyl sites for hydroxylation is 1. The topological polar surface area (TPSA) is 77.4 Å². The summed E-state index contributed by atoms with van der Waals surface area (Å²) in [7, 11) is 1.58. The lowest BCUT2D eigenvalue weighted by Crippen LogP contribution is -2.26. The zero-order chi connectivity index (χ0) is 22.0. The van der Waals surface area contributed by atoms with E-state index in [1.165, 1.54) is 6.33 Å². The molecule has 0 unspecified atom stereocenters. The third kappa shape index (κ3) is 4.81. The molecule has 0 spiro atoms. The van der Waals surface area contributed by atoms with Gasteiger partial charge in [0, 0.05) is 13.7 Å². The largest absolute Gasteiger partial charge is 0.383 e. The molecule has 9 heteroatoms. The van der Waals surface area contributed by atoms with Crippen LogP contribution >= 0.6 is 11.6 Å². The molecule has 1 aromatic heterocycles. The number of rotatable bonds is 9. The van der Waals surface area contributed by atoms with Crippen LogP contribution in [0.5, 0.6) is 0 Å². The van der Waals surface area contributed by atoms with E-state index in [0.29, 0.717) is 41.9 Å². The molecule has 3 aromatic rings. The van der Waals surface area contributed by atoms with Crippen LogP contribution < -0.4 is 10.8 Å². The van der Waals surface area contributed by atoms with E-state index in [-0.39, 0.29) is 16.8 Å². The monoisotopic (exact) mass is 446 g/mol. The molecule has 2 aromatic carbocycles. The van der Waals surface area contributed by atoms with Crippen molar-refractivity contribution in [1.29, 1.82) is 0 Å². The second-order valence-electron chi connectivity index (χ2n) is 7.71. The third-order valence-corrected chi connectivity index (χ3v) is 5.50. The van der Waals surface area contributed by atoms with Crippen LogP contribution in [0.1, 0.15) is 28.8 Å². The Bertz CT molecular complexity index is 1110. The van der Waals surface area contributed by atoms with Crippen molar-refractivity contribution in [2.75, 3.05) is 25.6 Å². The molecule has 0 bridgehead atoms. The van der Waals surface area contributed by atoms with Gasteiger partial charge >= 0.3 is 0 Å². The van der Waals surface area contributed by atoms with Crippen LogP contribution in [-0.4, -0.2) is 35.8 Å². The number of methoxy groups -OCH3 is 1. The number of halogens is 2. The van der Waals surface area contributed by atoms with Gasteiger partial charge in [0.25, 0.3) is 5.91 Å². The van der Waals surface area contributed by atoms with E-state index < -0.39 is 11.7 Å². The van der Waals surface area contributed by atoms with Gasteiger partial charge in [-0.05, 0) is 49.4 Å². The average molecular weight is 447 g/mol. The number of fused-ring (bicyclic) bond motifs is 1. The minimum absolute atomic E-state index is 0.00458. The van der Waals surface area contributed by atoms with Crippen molar-refractivity contribution in [3.8, 4) is 0 Å². The SMILES string of the molecule is COCCn1cnc2cc(C(=O)NOCC3CC3)c(Nc3ccc(C)cc3Cl)c(F)c21. The van der Waals surface area contributed by atoms with Crippen LogP contribution in [0.3, 0.4) is 0 Å². The van der Waals surface area contributed by atoms with Crippen LogP contribution in [0.4, 0.5) is 15.8 Å². The summed E-state index contributed by atoms with van der Waals surface area (Å²) in [6.45, 7) is 3.17. The van der Waals surface area contributed by atoms with Crippen molar-refractivity contribution >= 4 is 39.9 Å². The highest BCUT2D eigenvalue weighted by Gasteiger charge is 2.25. The van der Waals surface area contributed by atoms with Gasteiger partial charge in [-0.2, -0.15) is 0 Å². The number of carbonyl (C=O) groups is 1. The maximum Gasteiger partial charge on any atom is 0.277 e. The summed E-state index contributed by atoms with van der Waals surface area (Å²) in [6.07, 6.45) is 3.71. The number of ether oxygens (including phenoxy) is 1. The summed E-state index contributed by atoms with van der Waals surface area (Å²) < 4.78 is 22.5. The van der Waals surface area contributed by atoms with Crippen molar-refractivity contribution in [2.45, 2.75) is 26.3 Å². The molecule has 0 aliphatic heterocycles. The number of hydrogen-bond acceptors (Lipinski definition) is 5. The minimum atomic E-state index is -0.602. The molecule has 1 fully saturated rings. The number of nitrogens with zero attached hydrogens (tertiary/aromatic N) is 2. The standard InChI is InChI=1S/C22H24ClFN4O3/c1-13-3-6-17(16(23)9-13)26-20-15(22(29)27-31-11-14-4-5-14)10-18-21(19(20)24)28(12-25-18)7-8-30-2/h3,6,9-10,12,14,26H,4-5,7-8,11H2,1-2H3,(H,27,29). The Morgan fingerprint density at radius 2 is 2.16 bits per heavy atom. The third-order valence-electron chi connectivity index (χ3n) is 5.19. The lowest BCUT2D eigenvalue weighted by atomic mass is 10.1. The maximum absolute atomic E-state index is 15.7. The first-order valence-corrected chi connectivity index (χ1v) is 10.5. The number of aromatic nitrogens is 2. The zero-order valence-electron chi connectivity index (χ0n) is 17.4. The fourth-order valence-electron chi connectivity index (χ4n) is 3.27. The van der Waals surface area contributed by atoms with Gasteiger partial charge in [-0.3, -0.25) is 9.63 Å². The van der Waals surface area contributed by atoms with Gasteiger partial charge < -0.3 is 14.6 Å². The Morgan fingerprint density at radius 1 is 1.35 bits per heavy atom. The minimum Gasteiger partial charge on any atom is -0.383 e. The molecule has 1 saturated carbocycles. The van der Waals surface area contributed by atoms with Crippen molar-refractivity contribution in [2.24, 2.45) is 5.92 Å². The molecule has 0 atom stereocenters. The number of carbonyl (C=O) groups excluding carboxylic acids is 1. The maximum atomic E-state index is 15.7. The van der Waals surface area contributed by atoms with Crippen LogP contribution in [0, 0.1) is 18.7 Å². The van der Waals surface area contributed by atoms with Crippen molar-refractivity contribution in [3.05, 3.63) is 52.6 Å². The molecular weight excluding hydrogens is 423 g/mol. The van der Waals surface area contributed by atoms with E-state index in [9.17, 15) is 4.79 Å². The fourth-order valence-corrected chi connectivity index (χ4v) is 3.55. The highest BCUT2D eigenvalue weighted by Crippen LogP contribution is 2.34. The first-order chi connectivity index (χ1) is 15.0. The van der Waals surface area contributed by atoms with Gasteiger partial charge in [-0.1, -0.05) is 17.7 Å². The van der Waals surface area contributed by atoms with E-state index in [4.69, 9.17) is 21.2 Å². The van der Waals surface area contributed by atoms with Gasteiger partial charge in [0.05, 0.1) is 47.0 Å². The molecule has 4 rings (SSSR count). The van der Waals surface area contributed by atoms with Gasteiger partial charge in [0.1, 0.15) is 5.52 Å². The Labute approximate surface area is 184 Å². The first-order valence-electron chi connectivity index (χ1n) is 10.1. The van der Waals surface area contributed by atoms with E-state index in [0.717, 1.165) is 18.4 Å². The summed E-state index contributed by atoms with van der Waals surface area (Å²) in [5, 5.41) is 3.42. The van der Waals surface area contributed by atoms with E-state index in [2.05, 4.69) is 15.8 Å². The molecular formula is C22H24ClFN4O3. The molecule has 0 radical (unpaired) electrons. The summed E-state index contributed by atoms with van der Waals surface area (Å²) in [6, 6.07) is 6.91. The predicted octanol–water partition coefficient (Wildman–Crippen LogP) is 4.60. The normalized spacial score (nSPS) is 13.5. The number of hydroxylamine groups is 1. The molecule has 7 nitrogen and oxygen atoms in total. The fraction of sp³-hybridized carbons (Fsp3) is 0.364. The van der Waals surface area contributed by atoms with Crippen molar-refractivity contribution < 1.29 is 18.8 Å². The Morgan fingerprint density at radius 3 is 2.87 bits per heavy atom. The molecule has 31 heavy (non-hydrogen) atoms. The van der Waals surface area contributed by atoms with Crippen LogP contribution in [0.25, 0.3) is 11.0 Å². The van der Waals surface area contributed by atoms with E-state index >= 15 is 4.39 Å². The van der Waals surface area contributed by atoms with Gasteiger partial charge in [-0.25, -0.2) is 14.9 Å². The molecule has 1 aliphatic rings. The molecule has 2 N–H and O–H groups in total.